The highest BCUT2D eigenvalue weighted by Crippen LogP contribution is 2.08. The first-order valence-corrected chi connectivity index (χ1v) is 6.79. The van der Waals surface area contributed by atoms with Crippen LogP contribution < -0.4 is 0 Å². The lowest BCUT2D eigenvalue weighted by atomic mass is 10.2. The molecule has 1 aromatic rings. The van der Waals surface area contributed by atoms with Gasteiger partial charge in [-0.1, -0.05) is 0 Å². The van der Waals surface area contributed by atoms with Crippen molar-refractivity contribution in [2.45, 2.75) is 19.8 Å². The molecule has 0 amide bonds. The second-order valence-electron chi connectivity index (χ2n) is 3.55. The largest absolute Gasteiger partial charge is 0.466 e. The summed E-state index contributed by atoms with van der Waals surface area (Å²) in [5.41, 5.74) is 0.520. The molecule has 1 rings (SSSR count). The summed E-state index contributed by atoms with van der Waals surface area (Å²) in [6.45, 7) is 2.36. The topological polar surface area (TPSA) is 52.6 Å². The van der Waals surface area contributed by atoms with E-state index in [0.717, 1.165) is 3.57 Å². The number of halogens is 1. The van der Waals surface area contributed by atoms with Gasteiger partial charge in [0.2, 0.25) is 0 Å². The van der Waals surface area contributed by atoms with Crippen LogP contribution in [0.3, 0.4) is 0 Å². The normalized spacial score (nSPS) is 9.89. The van der Waals surface area contributed by atoms with E-state index in [-0.39, 0.29) is 25.0 Å². The summed E-state index contributed by atoms with van der Waals surface area (Å²) in [4.78, 5) is 22.6. The zero-order chi connectivity index (χ0) is 13.4. The third-order valence-electron chi connectivity index (χ3n) is 2.14. The van der Waals surface area contributed by atoms with Crippen LogP contribution in [0.4, 0.5) is 0 Å². The Kier molecular flexibility index (Phi) is 6.70. The van der Waals surface area contributed by atoms with Crippen molar-refractivity contribution in [1.29, 1.82) is 0 Å². The molecule has 0 atom stereocenters. The minimum Gasteiger partial charge on any atom is -0.466 e. The van der Waals surface area contributed by atoms with Gasteiger partial charge in [0, 0.05) is 9.99 Å². The SMILES string of the molecule is CCOC(=O)CCCOC(=O)c1ccc(I)cc1. The van der Waals surface area contributed by atoms with Crippen molar-refractivity contribution >= 4 is 34.5 Å². The number of ether oxygens (including phenoxy) is 2. The molecule has 0 spiro atoms. The van der Waals surface area contributed by atoms with Crippen LogP contribution in [-0.4, -0.2) is 25.2 Å². The Bertz CT molecular complexity index is 400. The summed E-state index contributed by atoms with van der Waals surface area (Å²) in [6.07, 6.45) is 0.753. The van der Waals surface area contributed by atoms with Gasteiger partial charge in [0.05, 0.1) is 18.8 Å². The summed E-state index contributed by atoms with van der Waals surface area (Å²) < 4.78 is 10.9. The summed E-state index contributed by atoms with van der Waals surface area (Å²) in [7, 11) is 0. The first-order valence-electron chi connectivity index (χ1n) is 5.71. The number of carbonyl (C=O) groups is 2. The van der Waals surface area contributed by atoms with Crippen LogP contribution in [0.15, 0.2) is 24.3 Å². The molecule has 0 saturated heterocycles. The molecule has 4 nitrogen and oxygen atoms in total. The van der Waals surface area contributed by atoms with E-state index in [4.69, 9.17) is 9.47 Å². The van der Waals surface area contributed by atoms with E-state index in [0.29, 0.717) is 18.6 Å². The van der Waals surface area contributed by atoms with Crippen LogP contribution in [0.25, 0.3) is 0 Å². The van der Waals surface area contributed by atoms with Crippen molar-refractivity contribution in [3.63, 3.8) is 0 Å². The number of esters is 2. The van der Waals surface area contributed by atoms with Gasteiger partial charge in [0.25, 0.3) is 0 Å². The lowest BCUT2D eigenvalue weighted by molar-refractivity contribution is -0.143. The lowest BCUT2D eigenvalue weighted by Crippen LogP contribution is -2.09. The maximum absolute atomic E-state index is 11.6. The Morgan fingerprint density at radius 2 is 1.83 bits per heavy atom. The molecular formula is C13H15IO4. The van der Waals surface area contributed by atoms with Crippen molar-refractivity contribution in [2.24, 2.45) is 0 Å². The summed E-state index contributed by atoms with van der Waals surface area (Å²) >= 11 is 2.17. The molecule has 0 aliphatic carbocycles. The fourth-order valence-corrected chi connectivity index (χ4v) is 1.64. The molecule has 0 saturated carbocycles. The van der Waals surface area contributed by atoms with Gasteiger partial charge in [0.15, 0.2) is 0 Å². The van der Waals surface area contributed by atoms with E-state index in [1.54, 1.807) is 19.1 Å². The van der Waals surface area contributed by atoms with Gasteiger partial charge in [0.1, 0.15) is 0 Å². The summed E-state index contributed by atoms with van der Waals surface area (Å²) in [5, 5.41) is 0. The van der Waals surface area contributed by atoms with E-state index in [1.807, 2.05) is 12.1 Å². The van der Waals surface area contributed by atoms with Crippen molar-refractivity contribution in [3.8, 4) is 0 Å². The molecule has 0 radical (unpaired) electrons. The summed E-state index contributed by atoms with van der Waals surface area (Å²) in [6, 6.07) is 7.12. The number of hydrogen-bond acceptors (Lipinski definition) is 4. The Hall–Kier alpha value is -1.11. The molecule has 0 heterocycles. The highest BCUT2D eigenvalue weighted by Gasteiger charge is 2.07. The molecular weight excluding hydrogens is 347 g/mol. The summed E-state index contributed by atoms with van der Waals surface area (Å²) in [5.74, 6) is -0.627. The first-order chi connectivity index (χ1) is 8.63. The molecule has 0 aliphatic rings. The standard InChI is InChI=1S/C13H15IO4/c1-2-17-12(15)4-3-9-18-13(16)10-5-7-11(14)8-6-10/h5-8H,2-4,9H2,1H3. The van der Waals surface area contributed by atoms with Gasteiger partial charge in [-0.2, -0.15) is 0 Å². The minimum atomic E-state index is -0.366. The Morgan fingerprint density at radius 1 is 1.17 bits per heavy atom. The molecule has 0 fully saturated rings. The fourth-order valence-electron chi connectivity index (χ4n) is 1.28. The quantitative estimate of drug-likeness (QED) is 0.444. The van der Waals surface area contributed by atoms with E-state index >= 15 is 0 Å². The zero-order valence-corrected chi connectivity index (χ0v) is 12.3. The average molecular weight is 362 g/mol. The molecule has 0 bridgehead atoms. The predicted molar refractivity (Wildman–Crippen MR) is 75.3 cm³/mol. The number of benzene rings is 1. The van der Waals surface area contributed by atoms with Crippen LogP contribution in [-0.2, 0) is 14.3 Å². The second-order valence-corrected chi connectivity index (χ2v) is 4.80. The Balaban J connectivity index is 2.25. The maximum atomic E-state index is 11.6. The number of carbonyl (C=O) groups excluding carboxylic acids is 2. The van der Waals surface area contributed by atoms with E-state index in [9.17, 15) is 9.59 Å². The monoisotopic (exact) mass is 362 g/mol. The highest BCUT2D eigenvalue weighted by molar-refractivity contribution is 14.1. The second kappa shape index (κ2) is 8.07. The van der Waals surface area contributed by atoms with Crippen molar-refractivity contribution in [2.75, 3.05) is 13.2 Å². The van der Waals surface area contributed by atoms with Gasteiger partial charge in [-0.15, -0.1) is 0 Å². The maximum Gasteiger partial charge on any atom is 0.338 e. The molecule has 1 aromatic carbocycles. The van der Waals surface area contributed by atoms with Crippen molar-refractivity contribution < 1.29 is 19.1 Å². The molecule has 0 aromatic heterocycles. The first kappa shape index (κ1) is 14.9. The van der Waals surface area contributed by atoms with Crippen LogP contribution in [0.2, 0.25) is 0 Å². The van der Waals surface area contributed by atoms with Crippen molar-refractivity contribution in [1.82, 2.24) is 0 Å². The van der Waals surface area contributed by atoms with Gasteiger partial charge >= 0.3 is 11.9 Å². The van der Waals surface area contributed by atoms with Crippen LogP contribution in [0.1, 0.15) is 30.1 Å². The fraction of sp³-hybridized carbons (Fsp3) is 0.385. The van der Waals surface area contributed by atoms with Gasteiger partial charge in [-0.05, 0) is 60.2 Å². The molecule has 18 heavy (non-hydrogen) atoms. The Labute approximate surface area is 120 Å². The molecule has 0 N–H and O–H groups in total. The average Bonchev–Trinajstić information content (AvgIpc) is 2.35. The van der Waals surface area contributed by atoms with Crippen LogP contribution in [0.5, 0.6) is 0 Å². The third-order valence-corrected chi connectivity index (χ3v) is 2.86. The number of rotatable bonds is 6. The zero-order valence-electron chi connectivity index (χ0n) is 10.1. The van der Waals surface area contributed by atoms with Crippen LogP contribution in [0, 0.1) is 3.57 Å². The molecule has 0 aliphatic heterocycles. The minimum absolute atomic E-state index is 0.226. The highest BCUT2D eigenvalue weighted by atomic mass is 127. The van der Waals surface area contributed by atoms with E-state index in [1.165, 1.54) is 0 Å². The molecule has 0 unspecified atom stereocenters. The van der Waals surface area contributed by atoms with Gasteiger partial charge < -0.3 is 9.47 Å². The molecule has 98 valence electrons. The van der Waals surface area contributed by atoms with E-state index < -0.39 is 0 Å². The molecule has 5 heteroatoms. The smallest absolute Gasteiger partial charge is 0.338 e. The van der Waals surface area contributed by atoms with Gasteiger partial charge in [-0.25, -0.2) is 4.79 Å². The lowest BCUT2D eigenvalue weighted by Gasteiger charge is -2.05. The Morgan fingerprint density at radius 3 is 2.44 bits per heavy atom. The van der Waals surface area contributed by atoms with Crippen LogP contribution >= 0.6 is 22.6 Å². The third kappa shape index (κ3) is 5.48. The van der Waals surface area contributed by atoms with Gasteiger partial charge in [-0.3, -0.25) is 4.79 Å². The van der Waals surface area contributed by atoms with Crippen molar-refractivity contribution in [3.05, 3.63) is 33.4 Å². The number of hydrogen-bond donors (Lipinski definition) is 0. The predicted octanol–water partition coefficient (Wildman–Crippen LogP) is 2.79. The van der Waals surface area contributed by atoms with E-state index in [2.05, 4.69) is 22.6 Å².